The number of nitrogens with zero attached hydrogens (tertiary/aromatic N) is 3. The molecule has 5 aromatic carbocycles. The van der Waals surface area contributed by atoms with E-state index in [-0.39, 0.29) is 5.56 Å². The van der Waals surface area contributed by atoms with E-state index in [9.17, 15) is 4.79 Å². The lowest BCUT2D eigenvalue weighted by atomic mass is 10.0. The van der Waals surface area contributed by atoms with Crippen LogP contribution < -0.4 is 5.56 Å². The minimum atomic E-state index is -0.0465. The molecule has 178 valence electrons. The van der Waals surface area contributed by atoms with Crippen molar-refractivity contribution >= 4 is 49.3 Å². The molecule has 0 bridgehead atoms. The molecule has 3 aromatic heterocycles. The monoisotopic (exact) mass is 487 g/mol. The van der Waals surface area contributed by atoms with Crippen molar-refractivity contribution in [1.29, 1.82) is 0 Å². The first-order chi connectivity index (χ1) is 18.8. The average Bonchev–Trinajstić information content (AvgIpc) is 3.31. The van der Waals surface area contributed by atoms with Crippen molar-refractivity contribution in [3.63, 3.8) is 0 Å². The van der Waals surface area contributed by atoms with Gasteiger partial charge in [-0.1, -0.05) is 66.7 Å². The number of para-hydroxylation sites is 3. The Morgan fingerprint density at radius 1 is 0.526 bits per heavy atom. The van der Waals surface area contributed by atoms with Crippen molar-refractivity contribution < 1.29 is 0 Å². The number of aromatic nitrogens is 3. The summed E-state index contributed by atoms with van der Waals surface area (Å²) in [5, 5.41) is 4.04. The summed E-state index contributed by atoms with van der Waals surface area (Å²) in [7, 11) is 0. The molecular weight excluding hydrogens is 466 g/mol. The molecule has 0 saturated carbocycles. The molecule has 4 heteroatoms. The molecule has 0 aliphatic carbocycles. The van der Waals surface area contributed by atoms with E-state index < -0.39 is 0 Å². The quantitative estimate of drug-likeness (QED) is 0.185. The average molecular weight is 488 g/mol. The maximum Gasteiger partial charge on any atom is 0.266 e. The van der Waals surface area contributed by atoms with Crippen molar-refractivity contribution in [3.8, 4) is 16.8 Å². The number of fused-ring (bicyclic) bond motifs is 7. The predicted octanol–water partition coefficient (Wildman–Crippen LogP) is 7.77. The zero-order valence-electron chi connectivity index (χ0n) is 20.4. The molecule has 38 heavy (non-hydrogen) atoms. The molecule has 0 atom stereocenters. The Balaban J connectivity index is 1.39. The SMILES string of the molecule is O=c1c2ccccc2nc2ccc3ccc(-c4ccc5c(c4)c4ccccc4n5-c4ccccc4)cc3n12. The largest absolute Gasteiger partial charge is 0.309 e. The van der Waals surface area contributed by atoms with Gasteiger partial charge in [0.2, 0.25) is 0 Å². The number of hydrogen-bond acceptors (Lipinski definition) is 2. The van der Waals surface area contributed by atoms with E-state index >= 15 is 0 Å². The van der Waals surface area contributed by atoms with Crippen LogP contribution in [-0.4, -0.2) is 14.0 Å². The second-order valence-corrected chi connectivity index (χ2v) is 9.65. The van der Waals surface area contributed by atoms with Gasteiger partial charge in [0, 0.05) is 16.5 Å². The fourth-order valence-corrected chi connectivity index (χ4v) is 5.72. The summed E-state index contributed by atoms with van der Waals surface area (Å²) in [5.74, 6) is 0. The molecule has 0 aliphatic rings. The summed E-state index contributed by atoms with van der Waals surface area (Å²) in [4.78, 5) is 18.3. The second kappa shape index (κ2) is 7.89. The van der Waals surface area contributed by atoms with E-state index in [1.165, 1.54) is 21.8 Å². The first-order valence-electron chi connectivity index (χ1n) is 12.7. The van der Waals surface area contributed by atoms with Crippen LogP contribution in [0, 0.1) is 0 Å². The van der Waals surface area contributed by atoms with Gasteiger partial charge in [-0.2, -0.15) is 0 Å². The molecule has 0 unspecified atom stereocenters. The zero-order chi connectivity index (χ0) is 25.2. The highest BCUT2D eigenvalue weighted by molar-refractivity contribution is 6.10. The molecule has 0 N–H and O–H groups in total. The molecule has 3 heterocycles. The Hall–Kier alpha value is -5.22. The molecule has 0 spiro atoms. The van der Waals surface area contributed by atoms with Gasteiger partial charge < -0.3 is 4.57 Å². The van der Waals surface area contributed by atoms with Gasteiger partial charge >= 0.3 is 0 Å². The van der Waals surface area contributed by atoms with Gasteiger partial charge in [0.25, 0.3) is 5.56 Å². The van der Waals surface area contributed by atoms with Crippen LogP contribution in [0.4, 0.5) is 0 Å². The van der Waals surface area contributed by atoms with Gasteiger partial charge in [-0.25, -0.2) is 4.98 Å². The molecule has 8 aromatic rings. The van der Waals surface area contributed by atoms with Crippen molar-refractivity contribution in [3.05, 3.63) is 138 Å². The summed E-state index contributed by atoms with van der Waals surface area (Å²) in [6.45, 7) is 0. The van der Waals surface area contributed by atoms with E-state index in [2.05, 4.69) is 89.5 Å². The third-order valence-electron chi connectivity index (χ3n) is 7.51. The number of benzene rings is 5. The molecule has 0 saturated heterocycles. The third kappa shape index (κ3) is 2.98. The number of hydrogen-bond donors (Lipinski definition) is 0. The van der Waals surface area contributed by atoms with Crippen molar-refractivity contribution in [2.24, 2.45) is 0 Å². The van der Waals surface area contributed by atoms with Crippen molar-refractivity contribution in [2.45, 2.75) is 0 Å². The fourth-order valence-electron chi connectivity index (χ4n) is 5.72. The van der Waals surface area contributed by atoms with Gasteiger partial charge in [-0.15, -0.1) is 0 Å². The summed E-state index contributed by atoms with van der Waals surface area (Å²) < 4.78 is 4.06. The van der Waals surface area contributed by atoms with E-state index in [4.69, 9.17) is 4.98 Å². The maximum atomic E-state index is 13.5. The van der Waals surface area contributed by atoms with Crippen LogP contribution in [0.15, 0.2) is 132 Å². The summed E-state index contributed by atoms with van der Waals surface area (Å²) >= 11 is 0. The van der Waals surface area contributed by atoms with Crippen LogP contribution in [0.25, 0.3) is 66.1 Å². The van der Waals surface area contributed by atoms with Crippen LogP contribution in [0.5, 0.6) is 0 Å². The minimum absolute atomic E-state index is 0.0465. The molecule has 0 amide bonds. The first-order valence-corrected chi connectivity index (χ1v) is 12.7. The Morgan fingerprint density at radius 3 is 2.11 bits per heavy atom. The Morgan fingerprint density at radius 2 is 1.21 bits per heavy atom. The fraction of sp³-hybridized carbons (Fsp3) is 0. The second-order valence-electron chi connectivity index (χ2n) is 9.65. The highest BCUT2D eigenvalue weighted by Crippen LogP contribution is 2.35. The Labute approximate surface area is 217 Å². The van der Waals surface area contributed by atoms with Crippen LogP contribution in [-0.2, 0) is 0 Å². The van der Waals surface area contributed by atoms with E-state index in [0.29, 0.717) is 16.6 Å². The Bertz CT molecular complexity index is 2260. The predicted molar refractivity (Wildman–Crippen MR) is 156 cm³/mol. The molecular formula is C34H21N3O. The van der Waals surface area contributed by atoms with Crippen LogP contribution in [0.2, 0.25) is 0 Å². The molecule has 0 aliphatic heterocycles. The summed E-state index contributed by atoms with van der Waals surface area (Å²) in [6.07, 6.45) is 0. The van der Waals surface area contributed by atoms with Crippen LogP contribution in [0.1, 0.15) is 0 Å². The van der Waals surface area contributed by atoms with E-state index in [1.807, 2.05) is 42.5 Å². The normalized spacial score (nSPS) is 11.8. The van der Waals surface area contributed by atoms with Crippen LogP contribution in [0.3, 0.4) is 0 Å². The highest BCUT2D eigenvalue weighted by atomic mass is 16.1. The van der Waals surface area contributed by atoms with E-state index in [1.54, 1.807) is 4.40 Å². The van der Waals surface area contributed by atoms with E-state index in [0.717, 1.165) is 27.7 Å². The van der Waals surface area contributed by atoms with Crippen molar-refractivity contribution in [1.82, 2.24) is 14.0 Å². The highest BCUT2D eigenvalue weighted by Gasteiger charge is 2.14. The van der Waals surface area contributed by atoms with Gasteiger partial charge in [0.1, 0.15) is 5.65 Å². The lowest BCUT2D eigenvalue weighted by Gasteiger charge is -2.10. The lowest BCUT2D eigenvalue weighted by molar-refractivity contribution is 1.13. The topological polar surface area (TPSA) is 39.3 Å². The summed E-state index contributed by atoms with van der Waals surface area (Å²) in [6, 6.07) is 43.5. The Kier molecular flexibility index (Phi) is 4.34. The van der Waals surface area contributed by atoms with Gasteiger partial charge in [0.15, 0.2) is 0 Å². The van der Waals surface area contributed by atoms with Gasteiger partial charge in [0.05, 0.1) is 27.5 Å². The minimum Gasteiger partial charge on any atom is -0.309 e. The standard InChI is InChI=1S/C34H21N3O/c38-34-27-11-4-6-12-29(27)35-33-19-17-22-14-15-24(21-32(22)37(33)34)23-16-18-31-28(20-23)26-10-5-7-13-30(26)36(31)25-8-2-1-3-9-25/h1-21H. The van der Waals surface area contributed by atoms with Crippen molar-refractivity contribution in [2.75, 3.05) is 0 Å². The third-order valence-corrected chi connectivity index (χ3v) is 7.51. The summed E-state index contributed by atoms with van der Waals surface area (Å²) in [5.41, 5.74) is 7.83. The van der Waals surface area contributed by atoms with Gasteiger partial charge in [-0.05, 0) is 77.2 Å². The smallest absolute Gasteiger partial charge is 0.266 e. The zero-order valence-corrected chi connectivity index (χ0v) is 20.4. The molecule has 0 fully saturated rings. The first kappa shape index (κ1) is 20.9. The lowest BCUT2D eigenvalue weighted by Crippen LogP contribution is -2.15. The van der Waals surface area contributed by atoms with Gasteiger partial charge in [-0.3, -0.25) is 9.20 Å². The maximum absolute atomic E-state index is 13.5. The van der Waals surface area contributed by atoms with Crippen LogP contribution >= 0.6 is 0 Å². The number of pyridine rings is 1. The molecule has 0 radical (unpaired) electrons. The molecule has 8 rings (SSSR count). The molecule has 4 nitrogen and oxygen atoms in total. The number of rotatable bonds is 2.